The minimum Gasteiger partial charge on any atom is -0.481 e. The molecule has 2 fully saturated rings. The lowest BCUT2D eigenvalue weighted by atomic mass is 9.82. The number of carbonyl (C=O) groups is 1. The second-order valence-electron chi connectivity index (χ2n) is 5.38. The molecule has 2 heterocycles. The molecule has 0 aliphatic carbocycles. The monoisotopic (exact) mass is 258 g/mol. The molecule has 18 heavy (non-hydrogen) atoms. The highest BCUT2D eigenvalue weighted by molar-refractivity contribution is 5.70. The zero-order chi connectivity index (χ0) is 13.1. The van der Waals surface area contributed by atoms with Crippen LogP contribution in [0.3, 0.4) is 0 Å². The predicted molar refractivity (Wildman–Crippen MR) is 64.9 cm³/mol. The van der Waals surface area contributed by atoms with E-state index in [0.29, 0.717) is 25.8 Å². The van der Waals surface area contributed by atoms with Crippen LogP contribution in [0, 0.1) is 11.8 Å². The largest absolute Gasteiger partial charge is 0.481 e. The Morgan fingerprint density at radius 1 is 1.06 bits per heavy atom. The summed E-state index contributed by atoms with van der Waals surface area (Å²) in [5.74, 6) is -1.11. The van der Waals surface area contributed by atoms with Gasteiger partial charge in [-0.05, 0) is 38.8 Å². The van der Waals surface area contributed by atoms with Gasteiger partial charge in [0, 0.05) is 18.0 Å². The molecule has 5 N–H and O–H groups in total. The number of hydrogen-bond donors (Lipinski definition) is 5. The van der Waals surface area contributed by atoms with Gasteiger partial charge in [-0.15, -0.1) is 0 Å². The van der Waals surface area contributed by atoms with Crippen LogP contribution in [-0.2, 0) is 4.79 Å². The molecule has 0 amide bonds. The summed E-state index contributed by atoms with van der Waals surface area (Å²) in [5, 5.41) is 34.3. The number of aliphatic hydroxyl groups excluding tert-OH is 1. The minimum absolute atomic E-state index is 0.108. The fraction of sp³-hybridized carbons (Fsp3) is 0.917. The number of carboxylic acids is 1. The van der Waals surface area contributed by atoms with Crippen molar-refractivity contribution in [2.75, 3.05) is 13.1 Å². The van der Waals surface area contributed by atoms with Gasteiger partial charge in [0.1, 0.15) is 0 Å². The van der Waals surface area contributed by atoms with Gasteiger partial charge in [0.15, 0.2) is 6.29 Å². The smallest absolute Gasteiger partial charge is 0.306 e. The first-order chi connectivity index (χ1) is 8.58. The van der Waals surface area contributed by atoms with E-state index in [1.165, 1.54) is 0 Å². The minimum atomic E-state index is -1.27. The summed E-state index contributed by atoms with van der Waals surface area (Å²) in [4.78, 5) is 11.0. The highest BCUT2D eigenvalue weighted by Gasteiger charge is 2.35. The van der Waals surface area contributed by atoms with Crippen LogP contribution in [0.2, 0.25) is 0 Å². The van der Waals surface area contributed by atoms with Crippen LogP contribution in [0.4, 0.5) is 0 Å². The fourth-order valence-electron chi connectivity index (χ4n) is 3.04. The van der Waals surface area contributed by atoms with Crippen molar-refractivity contribution in [1.82, 2.24) is 10.6 Å². The summed E-state index contributed by atoms with van der Waals surface area (Å²) >= 11 is 0. The molecule has 0 bridgehead atoms. The Labute approximate surface area is 106 Å². The van der Waals surface area contributed by atoms with Crippen molar-refractivity contribution >= 4 is 5.97 Å². The number of nitrogens with one attached hydrogen (secondary N) is 2. The zero-order valence-electron chi connectivity index (χ0n) is 10.4. The molecule has 104 valence electrons. The molecule has 0 saturated carbocycles. The van der Waals surface area contributed by atoms with E-state index in [1.54, 1.807) is 0 Å². The Bertz CT molecular complexity index is 298. The maximum absolute atomic E-state index is 11.0. The van der Waals surface area contributed by atoms with Gasteiger partial charge in [0.25, 0.3) is 0 Å². The number of aliphatic hydroxyl groups is 2. The molecule has 0 aromatic rings. The lowest BCUT2D eigenvalue weighted by molar-refractivity contribution is -0.143. The third-order valence-electron chi connectivity index (χ3n) is 4.17. The average molecular weight is 258 g/mol. The van der Waals surface area contributed by atoms with E-state index in [2.05, 4.69) is 10.6 Å². The summed E-state index contributed by atoms with van der Waals surface area (Å²) in [6.07, 6.45) is 1.45. The number of hydrogen-bond acceptors (Lipinski definition) is 5. The number of piperidine rings is 2. The Morgan fingerprint density at radius 3 is 2.28 bits per heavy atom. The van der Waals surface area contributed by atoms with E-state index in [4.69, 9.17) is 5.11 Å². The van der Waals surface area contributed by atoms with Crippen molar-refractivity contribution in [2.24, 2.45) is 11.8 Å². The lowest BCUT2D eigenvalue weighted by Crippen LogP contribution is -2.56. The first-order valence-electron chi connectivity index (χ1n) is 6.63. The molecule has 6 nitrogen and oxygen atoms in total. The van der Waals surface area contributed by atoms with Crippen molar-refractivity contribution in [3.05, 3.63) is 0 Å². The van der Waals surface area contributed by atoms with Gasteiger partial charge in [-0.3, -0.25) is 4.79 Å². The van der Waals surface area contributed by atoms with Crippen LogP contribution in [0.1, 0.15) is 25.7 Å². The molecule has 2 aliphatic heterocycles. The van der Waals surface area contributed by atoms with E-state index in [9.17, 15) is 15.0 Å². The second-order valence-corrected chi connectivity index (χ2v) is 5.38. The molecule has 2 aliphatic rings. The molecule has 0 aromatic carbocycles. The standard InChI is InChI=1S/C12H22N2O4/c15-11(16)7-1-3-13-9(5-7)10-6-8(12(17)18)2-4-14-10/h7-11,13-16H,1-6H2,(H,17,18). The molecule has 6 heteroatoms. The topological polar surface area (TPSA) is 102 Å². The first-order valence-corrected chi connectivity index (χ1v) is 6.63. The van der Waals surface area contributed by atoms with Crippen LogP contribution < -0.4 is 10.6 Å². The number of carboxylic acid groups (broad SMARTS) is 1. The summed E-state index contributed by atoms with van der Waals surface area (Å²) in [6.45, 7) is 1.47. The molecule has 4 atom stereocenters. The first kappa shape index (κ1) is 13.7. The van der Waals surface area contributed by atoms with Crippen molar-refractivity contribution < 1.29 is 20.1 Å². The molecule has 4 unspecified atom stereocenters. The van der Waals surface area contributed by atoms with Crippen molar-refractivity contribution in [2.45, 2.75) is 44.1 Å². The summed E-state index contributed by atoms with van der Waals surface area (Å²) in [7, 11) is 0. The van der Waals surface area contributed by atoms with E-state index in [1.807, 2.05) is 0 Å². The molecular weight excluding hydrogens is 236 g/mol. The van der Waals surface area contributed by atoms with Crippen LogP contribution in [-0.4, -0.2) is 52.8 Å². The van der Waals surface area contributed by atoms with E-state index in [-0.39, 0.29) is 23.9 Å². The predicted octanol–water partition coefficient (Wildman–Crippen LogP) is -0.882. The van der Waals surface area contributed by atoms with Gasteiger partial charge in [-0.1, -0.05) is 0 Å². The van der Waals surface area contributed by atoms with Gasteiger partial charge in [-0.2, -0.15) is 0 Å². The molecule has 0 aromatic heterocycles. The van der Waals surface area contributed by atoms with E-state index >= 15 is 0 Å². The van der Waals surface area contributed by atoms with Crippen molar-refractivity contribution in [1.29, 1.82) is 0 Å². The van der Waals surface area contributed by atoms with Crippen LogP contribution >= 0.6 is 0 Å². The average Bonchev–Trinajstić information content (AvgIpc) is 2.39. The Hall–Kier alpha value is -0.690. The van der Waals surface area contributed by atoms with Gasteiger partial charge < -0.3 is 26.0 Å². The SMILES string of the molecule is O=C(O)C1CCNC(C2CC(C(O)O)CCN2)C1. The van der Waals surface area contributed by atoms with Gasteiger partial charge in [-0.25, -0.2) is 0 Å². The molecule has 2 saturated heterocycles. The molecule has 0 radical (unpaired) electrons. The number of aliphatic carboxylic acids is 1. The highest BCUT2D eigenvalue weighted by atomic mass is 16.5. The quantitative estimate of drug-likeness (QED) is 0.421. The van der Waals surface area contributed by atoms with Crippen molar-refractivity contribution in [3.8, 4) is 0 Å². The van der Waals surface area contributed by atoms with Crippen LogP contribution in [0.5, 0.6) is 0 Å². The van der Waals surface area contributed by atoms with Gasteiger partial charge >= 0.3 is 5.97 Å². The second kappa shape index (κ2) is 5.97. The van der Waals surface area contributed by atoms with Gasteiger partial charge in [0.05, 0.1) is 5.92 Å². The van der Waals surface area contributed by atoms with E-state index < -0.39 is 12.3 Å². The lowest BCUT2D eigenvalue weighted by Gasteiger charge is -2.39. The van der Waals surface area contributed by atoms with E-state index in [0.717, 1.165) is 13.0 Å². The zero-order valence-corrected chi connectivity index (χ0v) is 10.4. The summed E-state index contributed by atoms with van der Waals surface area (Å²) in [5.41, 5.74) is 0. The van der Waals surface area contributed by atoms with Crippen LogP contribution in [0.15, 0.2) is 0 Å². The molecular formula is C12H22N2O4. The van der Waals surface area contributed by atoms with Gasteiger partial charge in [0.2, 0.25) is 0 Å². The van der Waals surface area contributed by atoms with Crippen molar-refractivity contribution in [3.63, 3.8) is 0 Å². The fourth-order valence-corrected chi connectivity index (χ4v) is 3.04. The molecule has 0 spiro atoms. The maximum atomic E-state index is 11.0. The third kappa shape index (κ3) is 3.20. The Morgan fingerprint density at radius 2 is 1.67 bits per heavy atom. The summed E-state index contributed by atoms with van der Waals surface area (Å²) < 4.78 is 0. The molecule has 2 rings (SSSR count). The number of rotatable bonds is 3. The summed E-state index contributed by atoms with van der Waals surface area (Å²) in [6, 6.07) is 0.245. The Kier molecular flexibility index (Phi) is 4.55. The normalized spacial score (nSPS) is 37.7. The maximum Gasteiger partial charge on any atom is 0.306 e. The highest BCUT2D eigenvalue weighted by Crippen LogP contribution is 2.26. The third-order valence-corrected chi connectivity index (χ3v) is 4.17. The Balaban J connectivity index is 1.92. The van der Waals surface area contributed by atoms with Crippen LogP contribution in [0.25, 0.3) is 0 Å².